The summed E-state index contributed by atoms with van der Waals surface area (Å²) in [5.74, 6) is 1.64. The van der Waals surface area contributed by atoms with Crippen LogP contribution in [-0.4, -0.2) is 21.5 Å². The molecule has 150 valence electrons. The normalized spacial score (nSPS) is 13.0. The molecule has 0 saturated heterocycles. The number of hydrogen-bond donors (Lipinski definition) is 1. The van der Waals surface area contributed by atoms with Crippen LogP contribution in [-0.2, 0) is 6.18 Å². The Morgan fingerprint density at radius 2 is 2.00 bits per heavy atom. The Balaban J connectivity index is 1.80. The zero-order valence-electron chi connectivity index (χ0n) is 15.5. The number of methoxy groups -OCH3 is 1. The maximum atomic E-state index is 13.1. The fourth-order valence-electron chi connectivity index (χ4n) is 3.20. The lowest BCUT2D eigenvalue weighted by atomic mass is 10.0. The largest absolute Gasteiger partial charge is 0.495 e. The molecule has 1 N–H and O–H groups in total. The Morgan fingerprint density at radius 3 is 2.72 bits per heavy atom. The number of benzene rings is 2. The summed E-state index contributed by atoms with van der Waals surface area (Å²) in [6, 6.07) is 8.57. The van der Waals surface area contributed by atoms with Gasteiger partial charge in [-0.2, -0.15) is 18.2 Å². The van der Waals surface area contributed by atoms with Crippen molar-refractivity contribution in [3.63, 3.8) is 0 Å². The molecular formula is C20H16BrF3N4O. The van der Waals surface area contributed by atoms with Crippen molar-refractivity contribution in [2.45, 2.75) is 19.1 Å². The number of imidazole rings is 1. The Bertz CT molecular complexity index is 1210. The van der Waals surface area contributed by atoms with Crippen LogP contribution in [0.15, 0.2) is 53.3 Å². The number of hydrogen-bond acceptors (Lipinski definition) is 4. The molecule has 4 rings (SSSR count). The van der Waals surface area contributed by atoms with Crippen LogP contribution in [0.25, 0.3) is 16.7 Å². The van der Waals surface area contributed by atoms with Gasteiger partial charge in [0.2, 0.25) is 5.78 Å². The molecule has 0 aliphatic heterocycles. The highest BCUT2D eigenvalue weighted by Crippen LogP contribution is 2.35. The molecule has 0 amide bonds. The van der Waals surface area contributed by atoms with Crippen LogP contribution in [0.4, 0.5) is 19.0 Å². The van der Waals surface area contributed by atoms with Crippen molar-refractivity contribution in [2.24, 2.45) is 0 Å². The van der Waals surface area contributed by atoms with Gasteiger partial charge >= 0.3 is 6.18 Å². The number of anilines is 1. The Kier molecular flexibility index (Phi) is 4.85. The highest BCUT2D eigenvalue weighted by atomic mass is 79.9. The molecule has 0 saturated carbocycles. The zero-order chi connectivity index (χ0) is 20.8. The van der Waals surface area contributed by atoms with E-state index < -0.39 is 17.8 Å². The molecule has 9 heteroatoms. The molecular weight excluding hydrogens is 449 g/mol. The lowest BCUT2D eigenvalue weighted by Gasteiger charge is -2.19. The fraction of sp³-hybridized carbons (Fsp3) is 0.200. The van der Waals surface area contributed by atoms with E-state index in [1.54, 1.807) is 32.5 Å². The molecule has 0 unspecified atom stereocenters. The number of aromatic nitrogens is 3. The van der Waals surface area contributed by atoms with Crippen LogP contribution in [0.2, 0.25) is 0 Å². The van der Waals surface area contributed by atoms with Gasteiger partial charge in [0.1, 0.15) is 11.6 Å². The third-order valence-electron chi connectivity index (χ3n) is 4.68. The van der Waals surface area contributed by atoms with Gasteiger partial charge in [0, 0.05) is 29.9 Å². The number of alkyl halides is 3. The second kappa shape index (κ2) is 7.22. The Hall–Kier alpha value is -2.81. The molecule has 0 fully saturated rings. The second-order valence-electron chi connectivity index (χ2n) is 6.55. The van der Waals surface area contributed by atoms with E-state index in [4.69, 9.17) is 4.74 Å². The monoisotopic (exact) mass is 464 g/mol. The van der Waals surface area contributed by atoms with Crippen molar-refractivity contribution < 1.29 is 17.9 Å². The van der Waals surface area contributed by atoms with Gasteiger partial charge in [0.25, 0.3) is 0 Å². The minimum absolute atomic E-state index is 0.411. The zero-order valence-corrected chi connectivity index (χ0v) is 17.0. The molecule has 29 heavy (non-hydrogen) atoms. The number of halogens is 4. The summed E-state index contributed by atoms with van der Waals surface area (Å²) in [7, 11) is 1.58. The van der Waals surface area contributed by atoms with E-state index in [-0.39, 0.29) is 0 Å². The lowest BCUT2D eigenvalue weighted by Crippen LogP contribution is -2.12. The van der Waals surface area contributed by atoms with E-state index in [9.17, 15) is 13.2 Å². The van der Waals surface area contributed by atoms with Gasteiger partial charge < -0.3 is 10.1 Å². The lowest BCUT2D eigenvalue weighted by molar-refractivity contribution is -0.137. The quantitative estimate of drug-likeness (QED) is 0.411. The van der Waals surface area contributed by atoms with Crippen molar-refractivity contribution in [3.8, 4) is 5.75 Å². The summed E-state index contributed by atoms with van der Waals surface area (Å²) < 4.78 is 47.1. The Labute approximate surface area is 172 Å². The summed E-state index contributed by atoms with van der Waals surface area (Å²) in [4.78, 5) is 8.80. The minimum atomic E-state index is -4.39. The van der Waals surface area contributed by atoms with Gasteiger partial charge in [-0.25, -0.2) is 4.98 Å². The average molecular weight is 465 g/mol. The van der Waals surface area contributed by atoms with Gasteiger partial charge in [0.05, 0.1) is 22.7 Å². The standard InChI is InChI=1S/C20H16BrF3N4O/c1-11(12-4-3-5-13(8-12)20(22,23)24)26-18-14-9-15(21)17(29-2)10-16(14)28-7-6-25-19(28)27-18/h3-11H,1-2H3,(H,25,26,27)/t11-/m1/s1. The molecule has 2 aromatic carbocycles. The van der Waals surface area contributed by atoms with Crippen LogP contribution < -0.4 is 10.1 Å². The molecule has 5 nitrogen and oxygen atoms in total. The van der Waals surface area contributed by atoms with E-state index >= 15 is 0 Å². The van der Waals surface area contributed by atoms with Crippen LogP contribution in [0.3, 0.4) is 0 Å². The molecule has 2 aromatic heterocycles. The van der Waals surface area contributed by atoms with Crippen molar-refractivity contribution in [2.75, 3.05) is 12.4 Å². The highest BCUT2D eigenvalue weighted by Gasteiger charge is 2.30. The molecule has 0 bridgehead atoms. The highest BCUT2D eigenvalue weighted by molar-refractivity contribution is 9.10. The first-order valence-electron chi connectivity index (χ1n) is 8.72. The molecule has 0 aliphatic rings. The average Bonchev–Trinajstić information content (AvgIpc) is 3.15. The summed E-state index contributed by atoms with van der Waals surface area (Å²) in [6.07, 6.45) is -0.967. The van der Waals surface area contributed by atoms with Crippen LogP contribution in [0.5, 0.6) is 5.75 Å². The first-order valence-corrected chi connectivity index (χ1v) is 9.51. The smallest absolute Gasteiger partial charge is 0.416 e. The van der Waals surface area contributed by atoms with Crippen molar-refractivity contribution >= 4 is 38.4 Å². The maximum absolute atomic E-state index is 13.1. The number of ether oxygens (including phenoxy) is 1. The van der Waals surface area contributed by atoms with E-state index in [0.717, 1.165) is 27.5 Å². The van der Waals surface area contributed by atoms with Crippen LogP contribution >= 0.6 is 15.9 Å². The van der Waals surface area contributed by atoms with Gasteiger partial charge in [-0.15, -0.1) is 0 Å². The van der Waals surface area contributed by atoms with Crippen molar-refractivity contribution in [1.82, 2.24) is 14.4 Å². The van der Waals surface area contributed by atoms with Gasteiger partial charge in [-0.1, -0.05) is 12.1 Å². The third kappa shape index (κ3) is 3.62. The van der Waals surface area contributed by atoms with Gasteiger partial charge in [-0.3, -0.25) is 4.40 Å². The first kappa shape index (κ1) is 19.5. The van der Waals surface area contributed by atoms with E-state index in [1.807, 2.05) is 16.5 Å². The summed E-state index contributed by atoms with van der Waals surface area (Å²) in [5, 5.41) is 4.01. The number of nitrogens with zero attached hydrogens (tertiary/aromatic N) is 3. The first-order chi connectivity index (χ1) is 13.8. The Morgan fingerprint density at radius 1 is 1.21 bits per heavy atom. The molecule has 0 spiro atoms. The predicted molar refractivity (Wildman–Crippen MR) is 108 cm³/mol. The fourth-order valence-corrected chi connectivity index (χ4v) is 3.70. The molecule has 0 radical (unpaired) electrons. The van der Waals surface area contributed by atoms with E-state index in [0.29, 0.717) is 22.9 Å². The number of rotatable bonds is 4. The van der Waals surface area contributed by atoms with Gasteiger partial charge in [-0.05, 0) is 46.6 Å². The second-order valence-corrected chi connectivity index (χ2v) is 7.41. The topological polar surface area (TPSA) is 51.5 Å². The van der Waals surface area contributed by atoms with Crippen molar-refractivity contribution in [3.05, 3.63) is 64.4 Å². The maximum Gasteiger partial charge on any atom is 0.416 e. The minimum Gasteiger partial charge on any atom is -0.495 e. The SMILES string of the molecule is COc1cc2c(cc1Br)c(N[C@H](C)c1cccc(C(F)(F)F)c1)nc1nccn12. The summed E-state index contributed by atoms with van der Waals surface area (Å²) in [6.45, 7) is 1.79. The molecule has 1 atom stereocenters. The molecule has 0 aliphatic carbocycles. The molecule has 4 aromatic rings. The number of nitrogens with one attached hydrogen (secondary N) is 1. The summed E-state index contributed by atoms with van der Waals surface area (Å²) >= 11 is 3.48. The van der Waals surface area contributed by atoms with E-state index in [2.05, 4.69) is 31.2 Å². The predicted octanol–water partition coefficient (Wildman–Crippen LogP) is 5.85. The third-order valence-corrected chi connectivity index (χ3v) is 5.30. The van der Waals surface area contributed by atoms with E-state index in [1.165, 1.54) is 6.07 Å². The summed E-state index contributed by atoms with van der Waals surface area (Å²) in [5.41, 5.74) is 0.634. The van der Waals surface area contributed by atoms with Crippen LogP contribution in [0, 0.1) is 0 Å². The van der Waals surface area contributed by atoms with Crippen LogP contribution in [0.1, 0.15) is 24.1 Å². The number of fused-ring (bicyclic) bond motifs is 3. The van der Waals surface area contributed by atoms with Gasteiger partial charge in [0.15, 0.2) is 0 Å². The van der Waals surface area contributed by atoms with Crippen molar-refractivity contribution in [1.29, 1.82) is 0 Å². The molecule has 2 heterocycles.